The van der Waals surface area contributed by atoms with E-state index in [0.29, 0.717) is 17.3 Å². The molecule has 2 unspecified atom stereocenters. The van der Waals surface area contributed by atoms with Gasteiger partial charge in [-0.1, -0.05) is 23.4 Å². The van der Waals surface area contributed by atoms with E-state index in [1.54, 1.807) is 19.1 Å². The molecule has 26 heavy (non-hydrogen) atoms. The largest absolute Gasteiger partial charge is 0.344 e. The third-order valence-electron chi connectivity index (χ3n) is 3.70. The molecular formula is C19H18FN3O2S. The van der Waals surface area contributed by atoms with E-state index in [1.165, 1.54) is 23.9 Å². The summed E-state index contributed by atoms with van der Waals surface area (Å²) in [6.07, 6.45) is 0. The number of nitrogens with one attached hydrogen (secondary N) is 1. The van der Waals surface area contributed by atoms with Crippen molar-refractivity contribution in [3.05, 3.63) is 66.3 Å². The predicted molar refractivity (Wildman–Crippen MR) is 98.0 cm³/mol. The monoisotopic (exact) mass is 371 g/mol. The van der Waals surface area contributed by atoms with Gasteiger partial charge in [0, 0.05) is 10.5 Å². The molecule has 0 radical (unpaired) electrons. The molecule has 5 nitrogen and oxygen atoms in total. The summed E-state index contributed by atoms with van der Waals surface area (Å²) in [5.74, 6) is 0.207. The Labute approximate surface area is 155 Å². The zero-order valence-electron chi connectivity index (χ0n) is 14.3. The van der Waals surface area contributed by atoms with Gasteiger partial charge in [0.15, 0.2) is 0 Å². The van der Waals surface area contributed by atoms with Crippen LogP contribution < -0.4 is 5.32 Å². The summed E-state index contributed by atoms with van der Waals surface area (Å²) in [7, 11) is 0. The molecule has 3 rings (SSSR count). The van der Waals surface area contributed by atoms with Crippen LogP contribution in [0.3, 0.4) is 0 Å². The van der Waals surface area contributed by atoms with Crippen molar-refractivity contribution >= 4 is 17.7 Å². The maximum absolute atomic E-state index is 13.0. The van der Waals surface area contributed by atoms with Crippen LogP contribution in [-0.4, -0.2) is 21.3 Å². The first-order valence-corrected chi connectivity index (χ1v) is 9.02. The molecule has 2 aromatic carbocycles. The molecule has 1 amide bonds. The fourth-order valence-corrected chi connectivity index (χ4v) is 3.17. The van der Waals surface area contributed by atoms with E-state index in [2.05, 4.69) is 15.5 Å². The van der Waals surface area contributed by atoms with E-state index in [0.717, 1.165) is 4.90 Å². The first-order chi connectivity index (χ1) is 12.5. The van der Waals surface area contributed by atoms with Gasteiger partial charge in [-0.05, 0) is 50.2 Å². The zero-order chi connectivity index (χ0) is 18.5. The molecule has 0 aliphatic heterocycles. The van der Waals surface area contributed by atoms with Crippen molar-refractivity contribution in [2.75, 3.05) is 0 Å². The minimum absolute atomic E-state index is 0.118. The molecule has 0 bridgehead atoms. The maximum Gasteiger partial charge on any atom is 0.249 e. The van der Waals surface area contributed by atoms with Crippen LogP contribution in [0.15, 0.2) is 64.0 Å². The van der Waals surface area contributed by atoms with Gasteiger partial charge in [0.05, 0.1) is 5.25 Å². The van der Waals surface area contributed by atoms with Gasteiger partial charge in [-0.15, -0.1) is 11.8 Å². The van der Waals surface area contributed by atoms with Crippen molar-refractivity contribution in [2.24, 2.45) is 0 Å². The van der Waals surface area contributed by atoms with Crippen LogP contribution in [0.1, 0.15) is 25.8 Å². The molecule has 2 atom stereocenters. The van der Waals surface area contributed by atoms with Gasteiger partial charge in [0.1, 0.15) is 11.9 Å². The van der Waals surface area contributed by atoms with Crippen molar-refractivity contribution < 1.29 is 13.7 Å². The Kier molecular flexibility index (Phi) is 5.68. The fourth-order valence-electron chi connectivity index (χ4n) is 2.28. The van der Waals surface area contributed by atoms with Gasteiger partial charge in [0.2, 0.25) is 17.6 Å². The molecule has 0 saturated heterocycles. The van der Waals surface area contributed by atoms with E-state index in [-0.39, 0.29) is 17.0 Å². The lowest BCUT2D eigenvalue weighted by molar-refractivity contribution is -0.121. The highest BCUT2D eigenvalue weighted by Gasteiger charge is 2.21. The van der Waals surface area contributed by atoms with Crippen LogP contribution in [0.5, 0.6) is 0 Å². The Morgan fingerprint density at radius 1 is 1.12 bits per heavy atom. The number of carbonyl (C=O) groups excluding carboxylic acids is 1. The molecule has 3 aromatic rings. The van der Waals surface area contributed by atoms with Gasteiger partial charge in [-0.3, -0.25) is 4.79 Å². The van der Waals surface area contributed by atoms with E-state index >= 15 is 0 Å². The number of benzene rings is 2. The van der Waals surface area contributed by atoms with E-state index in [9.17, 15) is 9.18 Å². The molecule has 1 aromatic heterocycles. The summed E-state index contributed by atoms with van der Waals surface area (Å²) in [6.45, 7) is 3.62. The molecule has 0 fully saturated rings. The second-order valence-electron chi connectivity index (χ2n) is 5.77. The van der Waals surface area contributed by atoms with Gasteiger partial charge in [-0.25, -0.2) is 4.39 Å². The average Bonchev–Trinajstić information content (AvgIpc) is 3.13. The van der Waals surface area contributed by atoms with Crippen LogP contribution in [0, 0.1) is 5.82 Å². The number of halogens is 1. The summed E-state index contributed by atoms with van der Waals surface area (Å²) >= 11 is 1.48. The van der Waals surface area contributed by atoms with Gasteiger partial charge in [-0.2, -0.15) is 4.98 Å². The van der Waals surface area contributed by atoms with Crippen molar-refractivity contribution in [3.8, 4) is 11.4 Å². The van der Waals surface area contributed by atoms with Crippen molar-refractivity contribution in [1.29, 1.82) is 0 Å². The Bertz CT molecular complexity index is 868. The smallest absolute Gasteiger partial charge is 0.249 e. The third kappa shape index (κ3) is 4.49. The van der Waals surface area contributed by atoms with Gasteiger partial charge < -0.3 is 9.84 Å². The minimum atomic E-state index is -0.428. The Hall–Kier alpha value is -2.67. The second-order valence-corrected chi connectivity index (χ2v) is 7.18. The van der Waals surface area contributed by atoms with E-state index in [4.69, 9.17) is 4.52 Å². The van der Waals surface area contributed by atoms with Gasteiger partial charge >= 0.3 is 0 Å². The average molecular weight is 371 g/mol. The Morgan fingerprint density at radius 2 is 1.81 bits per heavy atom. The summed E-state index contributed by atoms with van der Waals surface area (Å²) in [5.41, 5.74) is 0.646. The van der Waals surface area contributed by atoms with Crippen LogP contribution in [0.2, 0.25) is 0 Å². The highest BCUT2D eigenvalue weighted by Crippen LogP contribution is 2.24. The predicted octanol–water partition coefficient (Wildman–Crippen LogP) is 4.23. The standard InChI is InChI=1S/C19H18FN3O2S/c1-12(21-18(24)13(2)26-16-6-4-3-5-7-16)19-22-17(23-25-19)14-8-10-15(20)11-9-14/h3-13H,1-2H3,(H,21,24). The number of thioether (sulfide) groups is 1. The quantitative estimate of drug-likeness (QED) is 0.657. The minimum Gasteiger partial charge on any atom is -0.344 e. The topological polar surface area (TPSA) is 68.0 Å². The summed E-state index contributed by atoms with van der Waals surface area (Å²) in [6, 6.07) is 15.1. The molecule has 7 heteroatoms. The molecule has 1 heterocycles. The number of aromatic nitrogens is 2. The van der Waals surface area contributed by atoms with Gasteiger partial charge in [0.25, 0.3) is 0 Å². The normalized spacial score (nSPS) is 13.2. The fraction of sp³-hybridized carbons (Fsp3) is 0.211. The molecule has 134 valence electrons. The third-order valence-corrected chi connectivity index (χ3v) is 4.81. The highest BCUT2D eigenvalue weighted by molar-refractivity contribution is 8.00. The number of amides is 1. The zero-order valence-corrected chi connectivity index (χ0v) is 15.2. The lowest BCUT2D eigenvalue weighted by atomic mass is 10.2. The van der Waals surface area contributed by atoms with Crippen LogP contribution >= 0.6 is 11.8 Å². The maximum atomic E-state index is 13.0. The molecule has 0 aliphatic carbocycles. The Morgan fingerprint density at radius 3 is 2.50 bits per heavy atom. The number of rotatable bonds is 6. The first kappa shape index (κ1) is 18.1. The number of nitrogens with zero attached hydrogens (tertiary/aromatic N) is 2. The SMILES string of the molecule is CC(Sc1ccccc1)C(=O)NC(C)c1nc(-c2ccc(F)cc2)no1. The van der Waals surface area contributed by atoms with Crippen LogP contribution in [0.25, 0.3) is 11.4 Å². The first-order valence-electron chi connectivity index (χ1n) is 8.14. The van der Waals surface area contributed by atoms with Crippen molar-refractivity contribution in [2.45, 2.75) is 30.0 Å². The van der Waals surface area contributed by atoms with E-state index < -0.39 is 6.04 Å². The summed E-state index contributed by atoms with van der Waals surface area (Å²) in [4.78, 5) is 17.7. The number of carbonyl (C=O) groups is 1. The summed E-state index contributed by atoms with van der Waals surface area (Å²) in [5, 5.41) is 6.50. The lowest BCUT2D eigenvalue weighted by Crippen LogP contribution is -2.33. The number of hydrogen-bond acceptors (Lipinski definition) is 5. The number of hydrogen-bond donors (Lipinski definition) is 1. The Balaban J connectivity index is 1.61. The molecule has 0 saturated carbocycles. The van der Waals surface area contributed by atoms with Crippen LogP contribution in [-0.2, 0) is 4.79 Å². The molecule has 1 N–H and O–H groups in total. The van der Waals surface area contributed by atoms with Crippen molar-refractivity contribution in [1.82, 2.24) is 15.5 Å². The van der Waals surface area contributed by atoms with E-state index in [1.807, 2.05) is 37.3 Å². The molecule has 0 aliphatic rings. The summed E-state index contributed by atoms with van der Waals surface area (Å²) < 4.78 is 18.2. The van der Waals surface area contributed by atoms with Crippen molar-refractivity contribution in [3.63, 3.8) is 0 Å². The molecule has 0 spiro atoms. The lowest BCUT2D eigenvalue weighted by Gasteiger charge is -2.14. The highest BCUT2D eigenvalue weighted by atomic mass is 32.2. The second kappa shape index (κ2) is 8.14. The van der Waals surface area contributed by atoms with Crippen LogP contribution in [0.4, 0.5) is 4.39 Å². The molecular weight excluding hydrogens is 353 g/mol.